The highest BCUT2D eigenvalue weighted by Crippen LogP contribution is 2.41. The van der Waals surface area contributed by atoms with E-state index < -0.39 is 0 Å². The first kappa shape index (κ1) is 13.1. The molecule has 0 atom stereocenters. The Labute approximate surface area is 122 Å². The van der Waals surface area contributed by atoms with E-state index in [1.165, 1.54) is 0 Å². The third-order valence-corrected chi connectivity index (χ3v) is 3.21. The number of benzene rings is 2. The van der Waals surface area contributed by atoms with Gasteiger partial charge in [-0.25, -0.2) is 0 Å². The summed E-state index contributed by atoms with van der Waals surface area (Å²) in [5.74, 6) is 2.00. The van der Waals surface area contributed by atoms with Gasteiger partial charge in [-0.3, -0.25) is 0 Å². The Bertz CT molecular complexity index is 707. The molecule has 3 rings (SSSR count). The number of fused-ring (bicyclic) bond motifs is 1. The van der Waals surface area contributed by atoms with Gasteiger partial charge in [0.05, 0.1) is 18.7 Å². The van der Waals surface area contributed by atoms with Crippen LogP contribution >= 0.6 is 0 Å². The molecule has 5 nitrogen and oxygen atoms in total. The van der Waals surface area contributed by atoms with Crippen molar-refractivity contribution in [2.75, 3.05) is 19.2 Å². The van der Waals surface area contributed by atoms with Gasteiger partial charge in [-0.1, -0.05) is 6.07 Å². The third kappa shape index (κ3) is 2.70. The molecule has 0 aromatic heterocycles. The van der Waals surface area contributed by atoms with Gasteiger partial charge in [-0.15, -0.1) is 0 Å². The van der Waals surface area contributed by atoms with Crippen molar-refractivity contribution in [2.45, 2.75) is 6.54 Å². The molecule has 5 heteroatoms. The van der Waals surface area contributed by atoms with E-state index in [-0.39, 0.29) is 6.79 Å². The molecule has 0 radical (unpaired) electrons. The van der Waals surface area contributed by atoms with Crippen molar-refractivity contribution in [3.05, 3.63) is 47.5 Å². The predicted octanol–water partition coefficient (Wildman–Crippen LogP) is 2.91. The number of anilines is 1. The van der Waals surface area contributed by atoms with Crippen LogP contribution in [-0.2, 0) is 6.54 Å². The average Bonchev–Trinajstić information content (AvgIpc) is 3.00. The molecule has 0 saturated carbocycles. The highest BCUT2D eigenvalue weighted by atomic mass is 16.7. The van der Waals surface area contributed by atoms with Crippen LogP contribution in [0.1, 0.15) is 11.1 Å². The summed E-state index contributed by atoms with van der Waals surface area (Å²) in [6.45, 7) is 0.814. The van der Waals surface area contributed by atoms with Crippen LogP contribution in [0.2, 0.25) is 0 Å². The average molecular weight is 282 g/mol. The molecule has 21 heavy (non-hydrogen) atoms. The van der Waals surface area contributed by atoms with Crippen LogP contribution in [0.5, 0.6) is 17.2 Å². The summed E-state index contributed by atoms with van der Waals surface area (Å²) in [6.07, 6.45) is 0. The molecule has 0 bridgehead atoms. The molecule has 1 N–H and O–H groups in total. The van der Waals surface area contributed by atoms with E-state index in [0.717, 1.165) is 11.3 Å². The standard InChI is InChI=1S/C16H14N2O3/c1-19-14-6-12(7-15-16(14)21-10-20-15)9-18-13-4-2-3-11(5-13)8-17/h2-7,18H,9-10H2,1H3. The quantitative estimate of drug-likeness (QED) is 0.934. The van der Waals surface area contributed by atoms with E-state index in [0.29, 0.717) is 29.4 Å². The molecule has 0 saturated heterocycles. The molecule has 1 heterocycles. The lowest BCUT2D eigenvalue weighted by Crippen LogP contribution is -2.00. The normalized spacial score (nSPS) is 11.8. The number of ether oxygens (including phenoxy) is 3. The van der Waals surface area contributed by atoms with Crippen LogP contribution < -0.4 is 19.5 Å². The van der Waals surface area contributed by atoms with Gasteiger partial charge in [0.2, 0.25) is 12.5 Å². The van der Waals surface area contributed by atoms with Crippen molar-refractivity contribution >= 4 is 5.69 Å². The van der Waals surface area contributed by atoms with E-state index >= 15 is 0 Å². The summed E-state index contributed by atoms with van der Waals surface area (Å²) < 4.78 is 16.1. The Morgan fingerprint density at radius 2 is 2.19 bits per heavy atom. The lowest BCUT2D eigenvalue weighted by molar-refractivity contribution is 0.171. The van der Waals surface area contributed by atoms with Gasteiger partial charge in [-0.2, -0.15) is 5.26 Å². The molecular weight excluding hydrogens is 268 g/mol. The summed E-state index contributed by atoms with van der Waals surface area (Å²) in [6, 6.07) is 13.3. The van der Waals surface area contributed by atoms with Gasteiger partial charge in [0.15, 0.2) is 11.5 Å². The van der Waals surface area contributed by atoms with Crippen LogP contribution in [-0.4, -0.2) is 13.9 Å². The number of nitrogens with one attached hydrogen (secondary N) is 1. The largest absolute Gasteiger partial charge is 0.493 e. The Morgan fingerprint density at radius 3 is 3.00 bits per heavy atom. The second-order valence-electron chi connectivity index (χ2n) is 4.58. The van der Waals surface area contributed by atoms with Gasteiger partial charge in [0.1, 0.15) is 0 Å². The minimum atomic E-state index is 0.215. The molecule has 2 aromatic rings. The minimum Gasteiger partial charge on any atom is -0.493 e. The molecule has 0 amide bonds. The Hall–Kier alpha value is -2.87. The van der Waals surface area contributed by atoms with Crippen LogP contribution in [0.25, 0.3) is 0 Å². The highest BCUT2D eigenvalue weighted by Gasteiger charge is 2.19. The number of hydrogen-bond acceptors (Lipinski definition) is 5. The molecular formula is C16H14N2O3. The topological polar surface area (TPSA) is 63.5 Å². The predicted molar refractivity (Wildman–Crippen MR) is 77.6 cm³/mol. The van der Waals surface area contributed by atoms with E-state index in [1.54, 1.807) is 13.2 Å². The van der Waals surface area contributed by atoms with Crippen LogP contribution in [0.3, 0.4) is 0 Å². The van der Waals surface area contributed by atoms with Crippen molar-refractivity contribution in [1.29, 1.82) is 5.26 Å². The highest BCUT2D eigenvalue weighted by molar-refractivity contribution is 5.56. The monoisotopic (exact) mass is 282 g/mol. The Morgan fingerprint density at radius 1 is 1.29 bits per heavy atom. The summed E-state index contributed by atoms with van der Waals surface area (Å²) in [5, 5.41) is 12.2. The maximum atomic E-state index is 8.90. The van der Waals surface area contributed by atoms with Crippen molar-refractivity contribution in [1.82, 2.24) is 0 Å². The van der Waals surface area contributed by atoms with Gasteiger partial charge in [-0.05, 0) is 35.9 Å². The van der Waals surface area contributed by atoms with Gasteiger partial charge in [0.25, 0.3) is 0 Å². The van der Waals surface area contributed by atoms with Crippen LogP contribution in [0.15, 0.2) is 36.4 Å². The fourth-order valence-electron chi connectivity index (χ4n) is 2.19. The maximum Gasteiger partial charge on any atom is 0.231 e. The van der Waals surface area contributed by atoms with Gasteiger partial charge in [0, 0.05) is 12.2 Å². The fourth-order valence-corrected chi connectivity index (χ4v) is 2.19. The van der Waals surface area contributed by atoms with E-state index in [1.807, 2.05) is 30.3 Å². The first-order valence-corrected chi connectivity index (χ1v) is 6.50. The van der Waals surface area contributed by atoms with Gasteiger partial charge < -0.3 is 19.5 Å². The van der Waals surface area contributed by atoms with E-state index in [9.17, 15) is 0 Å². The minimum absolute atomic E-state index is 0.215. The van der Waals surface area contributed by atoms with Crippen molar-refractivity contribution in [2.24, 2.45) is 0 Å². The summed E-state index contributed by atoms with van der Waals surface area (Å²) >= 11 is 0. The molecule has 0 aliphatic carbocycles. The molecule has 0 fully saturated rings. The molecule has 2 aromatic carbocycles. The van der Waals surface area contributed by atoms with Crippen molar-refractivity contribution in [3.8, 4) is 23.3 Å². The summed E-state index contributed by atoms with van der Waals surface area (Å²) in [7, 11) is 1.60. The first-order chi connectivity index (χ1) is 10.3. The zero-order valence-corrected chi connectivity index (χ0v) is 11.6. The van der Waals surface area contributed by atoms with E-state index in [2.05, 4.69) is 11.4 Å². The molecule has 1 aliphatic rings. The Balaban J connectivity index is 1.78. The fraction of sp³-hybridized carbons (Fsp3) is 0.188. The summed E-state index contributed by atoms with van der Waals surface area (Å²) in [5.41, 5.74) is 2.53. The zero-order chi connectivity index (χ0) is 14.7. The molecule has 0 unspecified atom stereocenters. The molecule has 106 valence electrons. The lowest BCUT2D eigenvalue weighted by Gasteiger charge is -2.10. The maximum absolute atomic E-state index is 8.90. The van der Waals surface area contributed by atoms with Gasteiger partial charge >= 0.3 is 0 Å². The number of methoxy groups -OCH3 is 1. The zero-order valence-electron chi connectivity index (χ0n) is 11.6. The second-order valence-corrected chi connectivity index (χ2v) is 4.58. The lowest BCUT2D eigenvalue weighted by atomic mass is 10.1. The van der Waals surface area contributed by atoms with Crippen molar-refractivity contribution < 1.29 is 14.2 Å². The smallest absolute Gasteiger partial charge is 0.231 e. The number of nitriles is 1. The van der Waals surface area contributed by atoms with E-state index in [4.69, 9.17) is 19.5 Å². The van der Waals surface area contributed by atoms with Crippen LogP contribution in [0.4, 0.5) is 5.69 Å². The third-order valence-electron chi connectivity index (χ3n) is 3.21. The van der Waals surface area contributed by atoms with Crippen molar-refractivity contribution in [3.63, 3.8) is 0 Å². The summed E-state index contributed by atoms with van der Waals surface area (Å²) in [4.78, 5) is 0. The van der Waals surface area contributed by atoms with Crippen LogP contribution in [0, 0.1) is 11.3 Å². The second kappa shape index (κ2) is 5.63. The number of nitrogens with zero attached hydrogens (tertiary/aromatic N) is 1. The molecule has 1 aliphatic heterocycles. The first-order valence-electron chi connectivity index (χ1n) is 6.50. The Kier molecular flexibility index (Phi) is 3.52. The molecule has 0 spiro atoms. The number of hydrogen-bond donors (Lipinski definition) is 1. The SMILES string of the molecule is COc1cc(CNc2cccc(C#N)c2)cc2c1OCO2. The number of rotatable bonds is 4.